The van der Waals surface area contributed by atoms with Crippen LogP contribution in [-0.4, -0.2) is 37.2 Å². The summed E-state index contributed by atoms with van der Waals surface area (Å²) in [5, 5.41) is 0. The fourth-order valence-corrected chi connectivity index (χ4v) is 2.10. The Morgan fingerprint density at radius 3 is 2.33 bits per heavy atom. The Hall–Kier alpha value is -1.50. The van der Waals surface area contributed by atoms with Crippen molar-refractivity contribution in [1.82, 2.24) is 4.90 Å². The summed E-state index contributed by atoms with van der Waals surface area (Å²) in [6.45, 7) is 12.1. The SMILES string of the molecule is CC(C)CN(CCOc1ccc(C#CCN)cc1)C(C)C. The lowest BCUT2D eigenvalue weighted by molar-refractivity contribution is 0.160. The highest BCUT2D eigenvalue weighted by molar-refractivity contribution is 5.38. The van der Waals surface area contributed by atoms with Gasteiger partial charge >= 0.3 is 0 Å². The Kier molecular flexibility index (Phi) is 7.89. The van der Waals surface area contributed by atoms with Gasteiger partial charge in [-0.2, -0.15) is 0 Å². The van der Waals surface area contributed by atoms with Gasteiger partial charge in [-0.15, -0.1) is 0 Å². The van der Waals surface area contributed by atoms with Gasteiger partial charge < -0.3 is 10.5 Å². The van der Waals surface area contributed by atoms with E-state index in [1.807, 2.05) is 24.3 Å². The van der Waals surface area contributed by atoms with Gasteiger partial charge in [0.1, 0.15) is 12.4 Å². The number of hydrogen-bond acceptors (Lipinski definition) is 3. The first-order valence-electron chi connectivity index (χ1n) is 7.68. The van der Waals surface area contributed by atoms with Crippen molar-refractivity contribution in [2.24, 2.45) is 11.7 Å². The van der Waals surface area contributed by atoms with E-state index in [2.05, 4.69) is 44.4 Å². The molecule has 0 fully saturated rings. The Bertz CT molecular complexity index is 454. The Balaban J connectivity index is 2.43. The summed E-state index contributed by atoms with van der Waals surface area (Å²) in [7, 11) is 0. The molecule has 3 nitrogen and oxygen atoms in total. The maximum atomic E-state index is 5.81. The number of hydrogen-bond donors (Lipinski definition) is 1. The molecule has 1 aromatic carbocycles. The van der Waals surface area contributed by atoms with Crippen molar-refractivity contribution in [1.29, 1.82) is 0 Å². The van der Waals surface area contributed by atoms with E-state index in [9.17, 15) is 0 Å². The van der Waals surface area contributed by atoms with Gasteiger partial charge in [0.25, 0.3) is 0 Å². The highest BCUT2D eigenvalue weighted by Gasteiger charge is 2.10. The average molecular weight is 288 g/mol. The standard InChI is InChI=1S/C18H28N2O/c1-15(2)14-20(16(3)4)12-13-21-18-9-7-17(8-10-18)6-5-11-19/h7-10,15-16H,11-14,19H2,1-4H3. The Labute approximate surface area is 129 Å². The summed E-state index contributed by atoms with van der Waals surface area (Å²) in [4.78, 5) is 2.45. The summed E-state index contributed by atoms with van der Waals surface area (Å²) in [5.74, 6) is 7.41. The molecule has 0 saturated heterocycles. The molecule has 3 heteroatoms. The first-order valence-corrected chi connectivity index (χ1v) is 7.68. The van der Waals surface area contributed by atoms with Crippen molar-refractivity contribution in [3.05, 3.63) is 29.8 Å². The van der Waals surface area contributed by atoms with Crippen LogP contribution >= 0.6 is 0 Å². The van der Waals surface area contributed by atoms with Crippen molar-refractivity contribution < 1.29 is 4.74 Å². The first kappa shape index (κ1) is 17.6. The predicted molar refractivity (Wildman–Crippen MR) is 89.4 cm³/mol. The predicted octanol–water partition coefficient (Wildman–Crippen LogP) is 2.74. The second-order valence-electron chi connectivity index (χ2n) is 5.86. The van der Waals surface area contributed by atoms with Gasteiger partial charge in [0.05, 0.1) is 6.54 Å². The molecule has 0 amide bonds. The van der Waals surface area contributed by atoms with E-state index >= 15 is 0 Å². The van der Waals surface area contributed by atoms with E-state index in [1.54, 1.807) is 0 Å². The molecule has 1 rings (SSSR count). The van der Waals surface area contributed by atoms with E-state index in [1.165, 1.54) is 0 Å². The molecule has 0 aliphatic heterocycles. The number of nitrogens with two attached hydrogens (primary N) is 1. The molecular weight excluding hydrogens is 260 g/mol. The molecule has 0 atom stereocenters. The van der Waals surface area contributed by atoms with Crippen LogP contribution in [0.3, 0.4) is 0 Å². The quantitative estimate of drug-likeness (QED) is 0.784. The minimum atomic E-state index is 0.388. The molecule has 0 bridgehead atoms. The molecule has 0 aliphatic carbocycles. The number of nitrogens with zero attached hydrogens (tertiary/aromatic N) is 1. The van der Waals surface area contributed by atoms with Crippen LogP contribution in [-0.2, 0) is 0 Å². The van der Waals surface area contributed by atoms with Crippen molar-refractivity contribution in [2.45, 2.75) is 33.7 Å². The Morgan fingerprint density at radius 1 is 1.14 bits per heavy atom. The maximum absolute atomic E-state index is 5.81. The van der Waals surface area contributed by atoms with Crippen LogP contribution < -0.4 is 10.5 Å². The van der Waals surface area contributed by atoms with Crippen LogP contribution in [0.25, 0.3) is 0 Å². The lowest BCUT2D eigenvalue weighted by Gasteiger charge is -2.28. The summed E-state index contributed by atoms with van der Waals surface area (Å²) < 4.78 is 5.81. The molecule has 0 saturated carbocycles. The van der Waals surface area contributed by atoms with Gasteiger partial charge in [-0.1, -0.05) is 25.7 Å². The minimum absolute atomic E-state index is 0.388. The van der Waals surface area contributed by atoms with Crippen LogP contribution in [0.2, 0.25) is 0 Å². The average Bonchev–Trinajstić information content (AvgIpc) is 2.44. The first-order chi connectivity index (χ1) is 10.0. The third-order valence-electron chi connectivity index (χ3n) is 3.17. The van der Waals surface area contributed by atoms with E-state index in [0.717, 1.165) is 24.4 Å². The topological polar surface area (TPSA) is 38.5 Å². The third kappa shape index (κ3) is 7.17. The summed E-state index contributed by atoms with van der Waals surface area (Å²) in [5.41, 5.74) is 6.32. The molecule has 2 N–H and O–H groups in total. The van der Waals surface area contributed by atoms with Crippen LogP contribution in [0.5, 0.6) is 5.75 Å². The van der Waals surface area contributed by atoms with Gasteiger partial charge in [-0.3, -0.25) is 4.90 Å². The number of rotatable bonds is 7. The second-order valence-corrected chi connectivity index (χ2v) is 5.86. The summed E-state index contributed by atoms with van der Waals surface area (Å²) in [6.07, 6.45) is 0. The van der Waals surface area contributed by atoms with Crippen molar-refractivity contribution >= 4 is 0 Å². The fourth-order valence-electron chi connectivity index (χ4n) is 2.10. The molecular formula is C18H28N2O. The normalized spacial score (nSPS) is 10.9. The zero-order valence-electron chi connectivity index (χ0n) is 13.7. The van der Waals surface area contributed by atoms with Crippen LogP contribution in [0.4, 0.5) is 0 Å². The lowest BCUT2D eigenvalue weighted by Crippen LogP contribution is -2.37. The van der Waals surface area contributed by atoms with Crippen molar-refractivity contribution in [3.63, 3.8) is 0 Å². The number of benzene rings is 1. The van der Waals surface area contributed by atoms with Gasteiger partial charge in [0.15, 0.2) is 0 Å². The third-order valence-corrected chi connectivity index (χ3v) is 3.17. The molecule has 0 spiro atoms. The monoisotopic (exact) mass is 288 g/mol. The van der Waals surface area contributed by atoms with Gasteiger partial charge in [-0.25, -0.2) is 0 Å². The fraction of sp³-hybridized carbons (Fsp3) is 0.556. The van der Waals surface area contributed by atoms with Crippen molar-refractivity contribution in [3.8, 4) is 17.6 Å². The van der Waals surface area contributed by atoms with E-state index in [4.69, 9.17) is 10.5 Å². The van der Waals surface area contributed by atoms with E-state index < -0.39 is 0 Å². The summed E-state index contributed by atoms with van der Waals surface area (Å²) in [6, 6.07) is 8.40. The van der Waals surface area contributed by atoms with Crippen LogP contribution in [0.15, 0.2) is 24.3 Å². The zero-order chi connectivity index (χ0) is 15.7. The zero-order valence-corrected chi connectivity index (χ0v) is 13.7. The molecule has 0 aromatic heterocycles. The summed E-state index contributed by atoms with van der Waals surface area (Å²) >= 11 is 0. The van der Waals surface area contributed by atoms with Crippen LogP contribution in [0, 0.1) is 17.8 Å². The second kappa shape index (κ2) is 9.44. The molecule has 0 unspecified atom stereocenters. The number of ether oxygens (including phenoxy) is 1. The van der Waals surface area contributed by atoms with E-state index in [0.29, 0.717) is 25.1 Å². The van der Waals surface area contributed by atoms with Gasteiger partial charge in [-0.05, 0) is 44.0 Å². The van der Waals surface area contributed by atoms with E-state index in [-0.39, 0.29) is 0 Å². The molecule has 116 valence electrons. The molecule has 1 aromatic rings. The van der Waals surface area contributed by atoms with Gasteiger partial charge in [0, 0.05) is 24.7 Å². The maximum Gasteiger partial charge on any atom is 0.119 e. The molecule has 21 heavy (non-hydrogen) atoms. The smallest absolute Gasteiger partial charge is 0.119 e. The highest BCUT2D eigenvalue weighted by atomic mass is 16.5. The van der Waals surface area contributed by atoms with Crippen LogP contribution in [0.1, 0.15) is 33.3 Å². The molecule has 0 heterocycles. The van der Waals surface area contributed by atoms with Gasteiger partial charge in [0.2, 0.25) is 0 Å². The Morgan fingerprint density at radius 2 is 1.81 bits per heavy atom. The minimum Gasteiger partial charge on any atom is -0.492 e. The molecule has 0 aliphatic rings. The highest BCUT2D eigenvalue weighted by Crippen LogP contribution is 2.12. The van der Waals surface area contributed by atoms with Crippen molar-refractivity contribution in [2.75, 3.05) is 26.2 Å². The largest absolute Gasteiger partial charge is 0.492 e. The lowest BCUT2D eigenvalue weighted by atomic mass is 10.2. The molecule has 0 radical (unpaired) electrons.